The molecule has 0 saturated heterocycles. The summed E-state index contributed by atoms with van der Waals surface area (Å²) in [5.41, 5.74) is -0.580. The van der Waals surface area contributed by atoms with Crippen LogP contribution in [0.4, 0.5) is 13.2 Å². The molecule has 7 atom stereocenters. The molecule has 3 saturated carbocycles. The summed E-state index contributed by atoms with van der Waals surface area (Å²) in [5.74, 6) is -0.261. The molecule has 3 rings (SSSR count). The Morgan fingerprint density at radius 3 is 2.47 bits per heavy atom. The minimum absolute atomic E-state index is 0.0641. The number of alkyl halides is 3. The number of rotatable bonds is 6. The highest BCUT2D eigenvalue weighted by atomic mass is 19.4. The van der Waals surface area contributed by atoms with Gasteiger partial charge in [0.15, 0.2) is 5.60 Å². The molecule has 5 nitrogen and oxygen atoms in total. The van der Waals surface area contributed by atoms with Gasteiger partial charge in [-0.1, -0.05) is 30.2 Å². The number of ether oxygens (including phenoxy) is 1. The minimum Gasteiger partial charge on any atom is -0.462 e. The molecule has 0 amide bonds. The first-order valence-corrected chi connectivity index (χ1v) is 12.5. The van der Waals surface area contributed by atoms with E-state index in [2.05, 4.69) is 19.1 Å². The zero-order valence-corrected chi connectivity index (χ0v) is 20.4. The molecule has 3 fully saturated rings. The Kier molecular flexibility index (Phi) is 8.25. The monoisotopic (exact) mass is 488 g/mol. The lowest BCUT2D eigenvalue weighted by atomic mass is 9.62. The van der Waals surface area contributed by atoms with Gasteiger partial charge < -0.3 is 20.1 Å². The van der Waals surface area contributed by atoms with Crippen LogP contribution in [0.2, 0.25) is 0 Å². The van der Waals surface area contributed by atoms with Gasteiger partial charge in [-0.2, -0.15) is 13.2 Å². The summed E-state index contributed by atoms with van der Waals surface area (Å²) >= 11 is 0. The van der Waals surface area contributed by atoms with Crippen molar-refractivity contribution in [1.82, 2.24) is 0 Å². The molecule has 0 aromatic rings. The second-order valence-electron chi connectivity index (χ2n) is 11.1. The Morgan fingerprint density at radius 2 is 1.85 bits per heavy atom. The highest BCUT2D eigenvalue weighted by molar-refractivity contribution is 5.69. The molecule has 0 radical (unpaired) electrons. The van der Waals surface area contributed by atoms with E-state index in [1.54, 1.807) is 0 Å². The SMILES string of the molecule is C[C@H](OC(=O)CC[C@](C)(O)C(F)(F)F)[C@H]1CC[C@H]2/C(=C/C=C3C[C@@H](O)C[C@@H](O)C3)CCC[C@]12C. The number of esters is 1. The van der Waals surface area contributed by atoms with Crippen LogP contribution in [0, 0.1) is 17.3 Å². The van der Waals surface area contributed by atoms with Crippen LogP contribution in [0.1, 0.15) is 85.0 Å². The Morgan fingerprint density at radius 1 is 1.21 bits per heavy atom. The van der Waals surface area contributed by atoms with Crippen LogP contribution in [0.3, 0.4) is 0 Å². The summed E-state index contributed by atoms with van der Waals surface area (Å²) in [6.45, 7) is 4.72. The molecular weight excluding hydrogens is 449 g/mol. The summed E-state index contributed by atoms with van der Waals surface area (Å²) in [6.07, 6.45) is 3.20. The number of fused-ring (bicyclic) bond motifs is 1. The van der Waals surface area contributed by atoms with Crippen molar-refractivity contribution in [3.8, 4) is 0 Å². The lowest BCUT2D eigenvalue weighted by Gasteiger charge is -2.44. The van der Waals surface area contributed by atoms with Gasteiger partial charge in [0.1, 0.15) is 6.10 Å². The summed E-state index contributed by atoms with van der Waals surface area (Å²) in [7, 11) is 0. The zero-order valence-electron chi connectivity index (χ0n) is 20.4. The van der Waals surface area contributed by atoms with Gasteiger partial charge in [-0.05, 0) is 83.0 Å². The number of allylic oxidation sites excluding steroid dienone is 3. The van der Waals surface area contributed by atoms with E-state index in [4.69, 9.17) is 4.74 Å². The maximum atomic E-state index is 12.8. The third-order valence-corrected chi connectivity index (χ3v) is 8.42. The van der Waals surface area contributed by atoms with Gasteiger partial charge in [-0.3, -0.25) is 4.79 Å². The van der Waals surface area contributed by atoms with Crippen LogP contribution >= 0.6 is 0 Å². The second kappa shape index (κ2) is 10.3. The Hall–Kier alpha value is -1.38. The number of hydrogen-bond donors (Lipinski definition) is 3. The fraction of sp³-hybridized carbons (Fsp3) is 0.808. The predicted molar refractivity (Wildman–Crippen MR) is 122 cm³/mol. The van der Waals surface area contributed by atoms with Gasteiger partial charge >= 0.3 is 12.1 Å². The minimum atomic E-state index is -4.79. The average Bonchev–Trinajstić information content (AvgIpc) is 3.07. The van der Waals surface area contributed by atoms with E-state index in [1.165, 1.54) is 5.57 Å². The molecule has 0 aromatic heterocycles. The van der Waals surface area contributed by atoms with Crippen molar-refractivity contribution in [2.24, 2.45) is 17.3 Å². The smallest absolute Gasteiger partial charge is 0.416 e. The number of carbonyl (C=O) groups excluding carboxylic acids is 1. The molecule has 0 heterocycles. The van der Waals surface area contributed by atoms with E-state index in [1.807, 2.05) is 6.92 Å². The van der Waals surface area contributed by atoms with Gasteiger partial charge in [0.25, 0.3) is 0 Å². The molecule has 3 aliphatic rings. The van der Waals surface area contributed by atoms with Gasteiger partial charge in [-0.25, -0.2) is 0 Å². The van der Waals surface area contributed by atoms with Crippen molar-refractivity contribution in [3.63, 3.8) is 0 Å². The number of aliphatic hydroxyl groups excluding tert-OH is 2. The first-order chi connectivity index (χ1) is 15.7. The molecule has 0 unspecified atom stereocenters. The topological polar surface area (TPSA) is 87.0 Å². The average molecular weight is 489 g/mol. The number of carbonyl (C=O) groups is 1. The van der Waals surface area contributed by atoms with Crippen LogP contribution in [0.15, 0.2) is 23.3 Å². The highest BCUT2D eigenvalue weighted by Gasteiger charge is 2.52. The first kappa shape index (κ1) is 27.2. The predicted octanol–water partition coefficient (Wildman–Crippen LogP) is 4.99. The molecule has 0 aromatic carbocycles. The van der Waals surface area contributed by atoms with Crippen molar-refractivity contribution >= 4 is 5.97 Å². The molecule has 194 valence electrons. The fourth-order valence-electron chi connectivity index (χ4n) is 6.42. The van der Waals surface area contributed by atoms with Gasteiger partial charge in [-0.15, -0.1) is 0 Å². The summed E-state index contributed by atoms with van der Waals surface area (Å²) in [5, 5.41) is 29.4. The molecule has 0 bridgehead atoms. The van der Waals surface area contributed by atoms with E-state index >= 15 is 0 Å². The summed E-state index contributed by atoms with van der Waals surface area (Å²) in [6, 6.07) is 0. The van der Waals surface area contributed by atoms with Gasteiger partial charge in [0.2, 0.25) is 0 Å². The Labute approximate surface area is 200 Å². The van der Waals surface area contributed by atoms with Crippen LogP contribution in [0.25, 0.3) is 0 Å². The second-order valence-corrected chi connectivity index (χ2v) is 11.1. The Balaban J connectivity index is 1.63. The summed E-state index contributed by atoms with van der Waals surface area (Å²) < 4.78 is 44.1. The summed E-state index contributed by atoms with van der Waals surface area (Å²) in [4.78, 5) is 12.3. The quantitative estimate of drug-likeness (QED) is 0.459. The Bertz CT molecular complexity index is 791. The lowest BCUT2D eigenvalue weighted by molar-refractivity contribution is -0.255. The third-order valence-electron chi connectivity index (χ3n) is 8.42. The molecular formula is C26H39F3O5. The van der Waals surface area contributed by atoms with Crippen LogP contribution in [-0.2, 0) is 9.53 Å². The lowest BCUT2D eigenvalue weighted by Crippen LogP contribution is -2.43. The van der Waals surface area contributed by atoms with Crippen molar-refractivity contribution in [2.75, 3.05) is 0 Å². The third kappa shape index (κ3) is 6.05. The maximum absolute atomic E-state index is 12.8. The van der Waals surface area contributed by atoms with Crippen molar-refractivity contribution < 1.29 is 38.0 Å². The van der Waals surface area contributed by atoms with Crippen LogP contribution in [0.5, 0.6) is 0 Å². The van der Waals surface area contributed by atoms with Crippen LogP contribution in [-0.4, -0.2) is 51.4 Å². The molecule has 3 N–H and O–H groups in total. The molecule has 34 heavy (non-hydrogen) atoms. The van der Waals surface area contributed by atoms with Crippen molar-refractivity contribution in [3.05, 3.63) is 23.3 Å². The first-order valence-electron chi connectivity index (χ1n) is 12.5. The van der Waals surface area contributed by atoms with E-state index in [-0.39, 0.29) is 11.3 Å². The molecule has 8 heteroatoms. The number of aliphatic hydroxyl groups is 3. The number of hydrogen-bond acceptors (Lipinski definition) is 5. The normalized spacial score (nSPS) is 37.3. The molecule has 0 aliphatic heterocycles. The van der Waals surface area contributed by atoms with Crippen LogP contribution < -0.4 is 0 Å². The van der Waals surface area contributed by atoms with E-state index < -0.39 is 48.9 Å². The van der Waals surface area contributed by atoms with Gasteiger partial charge in [0, 0.05) is 12.3 Å². The highest BCUT2D eigenvalue weighted by Crippen LogP contribution is 2.58. The van der Waals surface area contributed by atoms with Crippen molar-refractivity contribution in [2.45, 2.75) is 115 Å². The van der Waals surface area contributed by atoms with Gasteiger partial charge in [0.05, 0.1) is 12.2 Å². The molecule has 0 spiro atoms. The number of halogens is 3. The largest absolute Gasteiger partial charge is 0.462 e. The standard InChI is InChI=1S/C26H39F3O5/c1-16(34-23(32)10-12-25(3,33)26(27,28)29)21-8-9-22-18(5-4-11-24(21,22)2)7-6-17-13-19(30)15-20(31)14-17/h6-7,16,19-22,30-31,33H,4-5,8-15H2,1-3H3/b17-6?,18-7+/t16-,19-,20+,21+,22-,24+,25-/m0/s1. The molecule has 3 aliphatic carbocycles. The van der Waals surface area contributed by atoms with Crippen molar-refractivity contribution in [1.29, 1.82) is 0 Å². The van der Waals surface area contributed by atoms with E-state index in [0.29, 0.717) is 32.1 Å². The zero-order chi connectivity index (χ0) is 25.3. The fourth-order valence-corrected chi connectivity index (χ4v) is 6.42. The van der Waals surface area contributed by atoms with E-state index in [0.717, 1.165) is 37.7 Å². The maximum Gasteiger partial charge on any atom is 0.416 e. The van der Waals surface area contributed by atoms with E-state index in [9.17, 15) is 33.3 Å².